The number of hydrogen-bond acceptors (Lipinski definition) is 1. The summed E-state index contributed by atoms with van der Waals surface area (Å²) < 4.78 is 5.23. The zero-order valence-electron chi connectivity index (χ0n) is 9.85. The molecule has 1 nitrogen and oxygen atoms in total. The van der Waals surface area contributed by atoms with Gasteiger partial charge in [0.25, 0.3) is 0 Å². The minimum atomic E-state index is 0.947. The van der Waals surface area contributed by atoms with Crippen LogP contribution in [0.2, 0.25) is 0 Å². The fourth-order valence-electron chi connectivity index (χ4n) is 0.853. The quantitative estimate of drug-likeness (QED) is 0.596. The van der Waals surface area contributed by atoms with Crippen LogP contribution in [-0.2, 0) is 0 Å². The molecule has 0 fully saturated rings. The van der Waals surface area contributed by atoms with Gasteiger partial charge in [-0.2, -0.15) is 0 Å². The molecule has 78 valence electrons. The molecule has 0 spiro atoms. The van der Waals surface area contributed by atoms with Crippen molar-refractivity contribution in [1.82, 2.24) is 0 Å². The van der Waals surface area contributed by atoms with Crippen LogP contribution in [0.5, 0.6) is 0 Å². The summed E-state index contributed by atoms with van der Waals surface area (Å²) in [6.45, 7) is 13.7. The van der Waals surface area contributed by atoms with Crippen molar-refractivity contribution in [3.63, 3.8) is 0 Å². The van der Waals surface area contributed by atoms with Crippen LogP contribution in [0, 0.1) is 13.8 Å². The molecule has 0 bridgehead atoms. The zero-order valence-corrected chi connectivity index (χ0v) is 9.85. The van der Waals surface area contributed by atoms with Gasteiger partial charge in [0, 0.05) is 5.56 Å². The molecule has 14 heavy (non-hydrogen) atoms. The van der Waals surface area contributed by atoms with Crippen LogP contribution in [-0.4, -0.2) is 0 Å². The largest absolute Gasteiger partial charge is 0.466 e. The van der Waals surface area contributed by atoms with E-state index >= 15 is 0 Å². The molecule has 0 N–H and O–H groups in total. The molecule has 1 aromatic rings. The second-order valence-electron chi connectivity index (χ2n) is 3.44. The second-order valence-corrected chi connectivity index (χ2v) is 3.44. The SMILES string of the molecule is C=Cc1cc(C)oc1C.CC=C(C)C. The molecular weight excluding hydrogens is 172 g/mol. The monoisotopic (exact) mass is 192 g/mol. The Bertz CT molecular complexity index is 312. The van der Waals surface area contributed by atoms with Crippen LogP contribution in [0.1, 0.15) is 37.9 Å². The van der Waals surface area contributed by atoms with Crippen molar-refractivity contribution in [3.8, 4) is 0 Å². The van der Waals surface area contributed by atoms with Gasteiger partial charge in [-0.15, -0.1) is 0 Å². The molecule has 0 saturated heterocycles. The number of aryl methyl sites for hydroxylation is 2. The Morgan fingerprint density at radius 2 is 1.86 bits per heavy atom. The van der Waals surface area contributed by atoms with Gasteiger partial charge < -0.3 is 4.42 Å². The molecule has 1 rings (SSSR count). The van der Waals surface area contributed by atoms with E-state index in [4.69, 9.17) is 4.42 Å². The Balaban J connectivity index is 0.000000292. The number of furan rings is 1. The third-order valence-electron chi connectivity index (χ3n) is 1.88. The van der Waals surface area contributed by atoms with Crippen LogP contribution in [0.25, 0.3) is 6.08 Å². The van der Waals surface area contributed by atoms with Crippen LogP contribution in [0.3, 0.4) is 0 Å². The molecule has 1 heteroatoms. The van der Waals surface area contributed by atoms with E-state index in [1.807, 2.05) is 26.8 Å². The predicted octanol–water partition coefficient (Wildman–Crippen LogP) is 4.51. The zero-order chi connectivity index (χ0) is 11.1. The highest BCUT2D eigenvalue weighted by molar-refractivity contribution is 5.49. The van der Waals surface area contributed by atoms with Crippen molar-refractivity contribution < 1.29 is 4.42 Å². The molecule has 1 aromatic heterocycles. The van der Waals surface area contributed by atoms with Crippen LogP contribution in [0.4, 0.5) is 0 Å². The molecular formula is C13H20O. The Hall–Kier alpha value is -1.24. The van der Waals surface area contributed by atoms with Crippen molar-refractivity contribution in [3.05, 3.63) is 41.4 Å². The lowest BCUT2D eigenvalue weighted by atomic mass is 10.2. The molecule has 1 heterocycles. The summed E-state index contributed by atoms with van der Waals surface area (Å²) in [5.41, 5.74) is 2.47. The topological polar surface area (TPSA) is 13.1 Å². The number of allylic oxidation sites excluding steroid dienone is 2. The maximum atomic E-state index is 5.23. The first-order valence-electron chi connectivity index (χ1n) is 4.80. The molecule has 0 aliphatic rings. The minimum absolute atomic E-state index is 0.947. The Kier molecular flexibility index (Phi) is 5.70. The molecule has 0 aromatic carbocycles. The van der Waals surface area contributed by atoms with Crippen molar-refractivity contribution in [2.24, 2.45) is 0 Å². The standard InChI is InChI=1S/C8H10O.C5H10/c1-4-8-5-6(2)9-7(8)3;1-4-5(2)3/h4-5H,1H2,2-3H3;4H,1-3H3. The fraction of sp³-hybridized carbons (Fsp3) is 0.385. The summed E-state index contributed by atoms with van der Waals surface area (Å²) >= 11 is 0. The normalized spacial score (nSPS) is 8.64. The summed E-state index contributed by atoms with van der Waals surface area (Å²) in [6.07, 6.45) is 3.88. The summed E-state index contributed by atoms with van der Waals surface area (Å²) in [5, 5.41) is 0. The van der Waals surface area contributed by atoms with E-state index in [0.29, 0.717) is 0 Å². The predicted molar refractivity (Wildman–Crippen MR) is 63.4 cm³/mol. The van der Waals surface area contributed by atoms with E-state index in [1.165, 1.54) is 5.57 Å². The van der Waals surface area contributed by atoms with Gasteiger partial charge in [-0.05, 0) is 40.7 Å². The van der Waals surface area contributed by atoms with Crippen LogP contribution >= 0.6 is 0 Å². The molecule has 0 unspecified atom stereocenters. The third-order valence-corrected chi connectivity index (χ3v) is 1.88. The van der Waals surface area contributed by atoms with E-state index in [-0.39, 0.29) is 0 Å². The van der Waals surface area contributed by atoms with Gasteiger partial charge in [-0.1, -0.05) is 24.3 Å². The lowest BCUT2D eigenvalue weighted by Crippen LogP contribution is -1.64. The van der Waals surface area contributed by atoms with Crippen LogP contribution < -0.4 is 0 Å². The average molecular weight is 192 g/mol. The summed E-state index contributed by atoms with van der Waals surface area (Å²) in [6, 6.07) is 1.97. The first-order chi connectivity index (χ1) is 6.51. The summed E-state index contributed by atoms with van der Waals surface area (Å²) in [5.74, 6) is 1.89. The van der Waals surface area contributed by atoms with Gasteiger partial charge in [0.05, 0.1) is 0 Å². The summed E-state index contributed by atoms with van der Waals surface area (Å²) in [7, 11) is 0. The second kappa shape index (κ2) is 6.25. The van der Waals surface area contributed by atoms with Gasteiger partial charge in [-0.3, -0.25) is 0 Å². The van der Waals surface area contributed by atoms with Crippen LogP contribution in [0.15, 0.2) is 28.7 Å². The average Bonchev–Trinajstić information content (AvgIpc) is 2.45. The maximum Gasteiger partial charge on any atom is 0.108 e. The van der Waals surface area contributed by atoms with Gasteiger partial charge in [0.2, 0.25) is 0 Å². The first kappa shape index (κ1) is 12.8. The van der Waals surface area contributed by atoms with Crippen molar-refractivity contribution in [1.29, 1.82) is 0 Å². The van der Waals surface area contributed by atoms with E-state index in [0.717, 1.165) is 17.1 Å². The molecule has 0 amide bonds. The van der Waals surface area contributed by atoms with Gasteiger partial charge >= 0.3 is 0 Å². The molecule has 0 aliphatic heterocycles. The highest BCUT2D eigenvalue weighted by Gasteiger charge is 1.97. The number of rotatable bonds is 1. The highest BCUT2D eigenvalue weighted by Crippen LogP contribution is 2.13. The molecule has 0 radical (unpaired) electrons. The third kappa shape index (κ3) is 4.70. The lowest BCUT2D eigenvalue weighted by molar-refractivity contribution is 0.504. The molecule has 0 saturated carbocycles. The van der Waals surface area contributed by atoms with Crippen molar-refractivity contribution in [2.75, 3.05) is 0 Å². The van der Waals surface area contributed by atoms with Crippen molar-refractivity contribution >= 4 is 6.08 Å². The van der Waals surface area contributed by atoms with Gasteiger partial charge in [0.1, 0.15) is 11.5 Å². The minimum Gasteiger partial charge on any atom is -0.466 e. The Morgan fingerprint density at radius 3 is 2.00 bits per heavy atom. The van der Waals surface area contributed by atoms with E-state index < -0.39 is 0 Å². The van der Waals surface area contributed by atoms with E-state index in [2.05, 4.69) is 26.5 Å². The Labute approximate surface area is 87.1 Å². The van der Waals surface area contributed by atoms with Gasteiger partial charge in [-0.25, -0.2) is 0 Å². The lowest BCUT2D eigenvalue weighted by Gasteiger charge is -1.82. The smallest absolute Gasteiger partial charge is 0.108 e. The van der Waals surface area contributed by atoms with E-state index in [1.54, 1.807) is 6.08 Å². The van der Waals surface area contributed by atoms with Gasteiger partial charge in [0.15, 0.2) is 0 Å². The van der Waals surface area contributed by atoms with E-state index in [9.17, 15) is 0 Å². The fourth-order valence-corrected chi connectivity index (χ4v) is 0.853. The highest BCUT2D eigenvalue weighted by atomic mass is 16.3. The summed E-state index contributed by atoms with van der Waals surface area (Å²) in [4.78, 5) is 0. The maximum absolute atomic E-state index is 5.23. The first-order valence-corrected chi connectivity index (χ1v) is 4.80. The number of hydrogen-bond donors (Lipinski definition) is 0. The molecule has 0 atom stereocenters. The van der Waals surface area contributed by atoms with Crippen molar-refractivity contribution in [2.45, 2.75) is 34.6 Å². The molecule has 0 aliphatic carbocycles. The Morgan fingerprint density at radius 1 is 1.36 bits per heavy atom.